The Morgan fingerprint density at radius 2 is 2.44 bits per heavy atom. The van der Waals surface area contributed by atoms with Crippen LogP contribution >= 0.6 is 11.8 Å². The molecule has 3 N–H and O–H groups in total. The van der Waals surface area contributed by atoms with Gasteiger partial charge in [-0.3, -0.25) is 0 Å². The fourth-order valence-corrected chi connectivity index (χ4v) is 1.84. The van der Waals surface area contributed by atoms with Crippen LogP contribution in [-0.4, -0.2) is 20.2 Å². The second-order valence-corrected chi connectivity index (χ2v) is 3.90. The van der Waals surface area contributed by atoms with Crippen molar-refractivity contribution in [3.8, 4) is 6.07 Å². The number of anilines is 1. The maximum Gasteiger partial charge on any atom is 0.216 e. The molecule has 0 bridgehead atoms. The summed E-state index contributed by atoms with van der Waals surface area (Å²) in [4.78, 5) is 7.85. The highest BCUT2D eigenvalue weighted by molar-refractivity contribution is 7.98. The van der Waals surface area contributed by atoms with Crippen LogP contribution in [0.3, 0.4) is 0 Å². The number of rotatable bonds is 3. The third kappa shape index (κ3) is 2.49. The van der Waals surface area contributed by atoms with Crippen LogP contribution in [0.2, 0.25) is 0 Å². The first-order valence-electron chi connectivity index (χ1n) is 4.43. The fraction of sp³-hybridized carbons (Fsp3) is 0.111. The lowest BCUT2D eigenvalue weighted by Crippen LogP contribution is -1.87. The number of nitrogens with zero attached hydrogens (tertiary/aromatic N) is 4. The summed E-state index contributed by atoms with van der Waals surface area (Å²) in [7, 11) is 0. The smallest absolute Gasteiger partial charge is 0.216 e. The van der Waals surface area contributed by atoms with Gasteiger partial charge >= 0.3 is 0 Å². The molecule has 2 rings (SSSR count). The van der Waals surface area contributed by atoms with Crippen molar-refractivity contribution in [3.63, 3.8) is 0 Å². The van der Waals surface area contributed by atoms with E-state index < -0.39 is 0 Å². The summed E-state index contributed by atoms with van der Waals surface area (Å²) in [6, 6.07) is 5.58. The van der Waals surface area contributed by atoms with Crippen molar-refractivity contribution < 1.29 is 0 Å². The molecule has 0 unspecified atom stereocenters. The quantitative estimate of drug-likeness (QED) is 0.763. The van der Waals surface area contributed by atoms with Crippen LogP contribution in [0.15, 0.2) is 23.5 Å². The number of hydrogen-bond donors (Lipinski definition) is 2. The summed E-state index contributed by atoms with van der Waals surface area (Å²) in [5.41, 5.74) is 6.81. The van der Waals surface area contributed by atoms with E-state index in [1.165, 1.54) is 11.8 Å². The zero-order valence-electron chi connectivity index (χ0n) is 8.21. The number of H-pyrrole nitrogens is 1. The fourth-order valence-electron chi connectivity index (χ4n) is 1.10. The van der Waals surface area contributed by atoms with Gasteiger partial charge < -0.3 is 5.73 Å². The van der Waals surface area contributed by atoms with E-state index in [9.17, 15) is 0 Å². The first-order chi connectivity index (χ1) is 7.78. The average Bonchev–Trinajstić information content (AvgIpc) is 2.73. The first-order valence-corrected chi connectivity index (χ1v) is 5.42. The third-order valence-corrected chi connectivity index (χ3v) is 2.71. The van der Waals surface area contributed by atoms with Crippen LogP contribution in [0.4, 0.5) is 5.95 Å². The van der Waals surface area contributed by atoms with Crippen LogP contribution in [0.25, 0.3) is 0 Å². The summed E-state index contributed by atoms with van der Waals surface area (Å²) >= 11 is 1.44. The Hall–Kier alpha value is -2.07. The number of pyridine rings is 1. The predicted octanol–water partition coefficient (Wildman–Crippen LogP) is 0.946. The van der Waals surface area contributed by atoms with Crippen molar-refractivity contribution in [2.75, 3.05) is 5.73 Å². The zero-order valence-corrected chi connectivity index (χ0v) is 9.03. The standard InChI is InChI=1S/C9H8N6S/c10-4-7-3-6(1-2-12-7)5-16-9-13-8(11)14-15-9/h1-3H,5H2,(H3,11,13,14,15). The van der Waals surface area contributed by atoms with Gasteiger partial charge in [0.1, 0.15) is 11.8 Å². The molecule has 2 heterocycles. The third-order valence-electron chi connectivity index (χ3n) is 1.79. The van der Waals surface area contributed by atoms with Gasteiger partial charge in [0.2, 0.25) is 11.1 Å². The minimum absolute atomic E-state index is 0.301. The minimum Gasteiger partial charge on any atom is -0.368 e. The van der Waals surface area contributed by atoms with Crippen LogP contribution in [-0.2, 0) is 5.75 Å². The minimum atomic E-state index is 0.301. The Bertz CT molecular complexity index is 529. The van der Waals surface area contributed by atoms with E-state index in [0.29, 0.717) is 22.6 Å². The van der Waals surface area contributed by atoms with E-state index >= 15 is 0 Å². The van der Waals surface area contributed by atoms with Crippen molar-refractivity contribution in [2.45, 2.75) is 10.9 Å². The number of hydrogen-bond acceptors (Lipinski definition) is 6. The van der Waals surface area contributed by atoms with Crippen LogP contribution in [0.1, 0.15) is 11.3 Å². The molecule has 0 radical (unpaired) electrons. The number of thioether (sulfide) groups is 1. The predicted molar refractivity (Wildman–Crippen MR) is 59.3 cm³/mol. The van der Waals surface area contributed by atoms with Crippen molar-refractivity contribution in [1.82, 2.24) is 20.2 Å². The summed E-state index contributed by atoms with van der Waals surface area (Å²) < 4.78 is 0. The molecule has 0 saturated carbocycles. The monoisotopic (exact) mass is 232 g/mol. The van der Waals surface area contributed by atoms with Gasteiger partial charge in [-0.15, -0.1) is 5.10 Å². The molecule has 0 aromatic carbocycles. The van der Waals surface area contributed by atoms with Gasteiger partial charge in [-0.2, -0.15) is 10.2 Å². The second kappa shape index (κ2) is 4.63. The molecule has 80 valence electrons. The van der Waals surface area contributed by atoms with Crippen molar-refractivity contribution in [3.05, 3.63) is 29.6 Å². The topological polar surface area (TPSA) is 104 Å². The number of nitrogens with one attached hydrogen (secondary N) is 1. The summed E-state index contributed by atoms with van der Waals surface area (Å²) in [5, 5.41) is 15.7. The maximum atomic E-state index is 8.69. The van der Waals surface area contributed by atoms with E-state index in [2.05, 4.69) is 20.2 Å². The Morgan fingerprint density at radius 3 is 3.12 bits per heavy atom. The van der Waals surface area contributed by atoms with Crippen molar-refractivity contribution in [2.24, 2.45) is 0 Å². The molecule has 0 atom stereocenters. The van der Waals surface area contributed by atoms with Gasteiger partial charge in [0.25, 0.3) is 0 Å². The molecule has 0 spiro atoms. The molecule has 0 amide bonds. The van der Waals surface area contributed by atoms with Crippen LogP contribution in [0, 0.1) is 11.3 Å². The van der Waals surface area contributed by atoms with E-state index in [-0.39, 0.29) is 0 Å². The lowest BCUT2D eigenvalue weighted by molar-refractivity contribution is 0.973. The van der Waals surface area contributed by atoms with Crippen molar-refractivity contribution in [1.29, 1.82) is 5.26 Å². The SMILES string of the molecule is N#Cc1cc(CSc2n[nH]c(N)n2)ccn1. The molecule has 0 aliphatic carbocycles. The van der Waals surface area contributed by atoms with E-state index in [0.717, 1.165) is 5.56 Å². The lowest BCUT2D eigenvalue weighted by Gasteiger charge is -1.97. The number of nitrogens with two attached hydrogens (primary N) is 1. The molecular formula is C9H8N6S. The normalized spacial score (nSPS) is 9.94. The van der Waals surface area contributed by atoms with Crippen molar-refractivity contribution >= 4 is 17.7 Å². The van der Waals surface area contributed by atoms with E-state index in [1.807, 2.05) is 12.1 Å². The Kier molecular flexibility index (Phi) is 3.03. The van der Waals surface area contributed by atoms with Crippen LogP contribution < -0.4 is 5.73 Å². The molecule has 7 heteroatoms. The average molecular weight is 232 g/mol. The summed E-state index contributed by atoms with van der Waals surface area (Å²) in [5.74, 6) is 0.976. The molecule has 6 nitrogen and oxygen atoms in total. The number of nitriles is 1. The van der Waals surface area contributed by atoms with Gasteiger partial charge in [-0.05, 0) is 17.7 Å². The van der Waals surface area contributed by atoms with E-state index in [4.69, 9.17) is 11.0 Å². The molecule has 0 aliphatic rings. The second-order valence-electron chi connectivity index (χ2n) is 2.95. The molecule has 2 aromatic rings. The van der Waals surface area contributed by atoms with E-state index in [1.54, 1.807) is 12.3 Å². The highest BCUT2D eigenvalue weighted by atomic mass is 32.2. The lowest BCUT2D eigenvalue weighted by atomic mass is 10.2. The largest absolute Gasteiger partial charge is 0.368 e. The van der Waals surface area contributed by atoms with Gasteiger partial charge in [0.05, 0.1) is 0 Å². The Labute approximate surface area is 95.9 Å². The van der Waals surface area contributed by atoms with Gasteiger partial charge in [-0.25, -0.2) is 10.1 Å². The molecule has 16 heavy (non-hydrogen) atoms. The van der Waals surface area contributed by atoms with Gasteiger partial charge in [0, 0.05) is 11.9 Å². The van der Waals surface area contributed by atoms with Gasteiger partial charge in [0.15, 0.2) is 0 Å². The molecule has 0 saturated heterocycles. The maximum absolute atomic E-state index is 8.69. The Morgan fingerprint density at radius 1 is 1.56 bits per heavy atom. The highest BCUT2D eigenvalue weighted by Gasteiger charge is 2.02. The summed E-state index contributed by atoms with van der Waals surface area (Å²) in [6.45, 7) is 0. The molecule has 2 aromatic heterocycles. The highest BCUT2D eigenvalue weighted by Crippen LogP contribution is 2.19. The number of aromatic nitrogens is 4. The molecular weight excluding hydrogens is 224 g/mol. The number of nitrogen functional groups attached to an aromatic ring is 1. The first kappa shape index (κ1) is 10.4. The van der Waals surface area contributed by atoms with Gasteiger partial charge in [-0.1, -0.05) is 11.8 Å². The summed E-state index contributed by atoms with van der Waals surface area (Å²) in [6.07, 6.45) is 1.61. The molecule has 0 fully saturated rings. The Balaban J connectivity index is 2.02. The zero-order chi connectivity index (χ0) is 11.4. The van der Waals surface area contributed by atoms with Crippen LogP contribution in [0.5, 0.6) is 0 Å². The molecule has 0 aliphatic heterocycles. The number of aromatic amines is 1.